The molecule has 2 saturated heterocycles. The Labute approximate surface area is 150 Å². The van der Waals surface area contributed by atoms with Crippen molar-refractivity contribution in [3.05, 3.63) is 0 Å². The maximum absolute atomic E-state index is 11.9. The molecule has 1 N–H and O–H groups in total. The van der Waals surface area contributed by atoms with Crippen LogP contribution in [0.1, 0.15) is 26.7 Å². The van der Waals surface area contributed by atoms with Gasteiger partial charge in [0.25, 0.3) is 11.1 Å². The van der Waals surface area contributed by atoms with Gasteiger partial charge in [0.05, 0.1) is 5.33 Å². The minimum Gasteiger partial charge on any atom is -0.447 e. The molecule has 6 nitrogen and oxygen atoms in total. The Morgan fingerprint density at radius 3 is 2.55 bits per heavy atom. The number of hydrogen-bond acceptors (Lipinski definition) is 5. The first-order valence-electron chi connectivity index (χ1n) is 6.67. The summed E-state index contributed by atoms with van der Waals surface area (Å²) in [6.45, 7) is 3.68. The van der Waals surface area contributed by atoms with Crippen LogP contribution in [0.25, 0.3) is 0 Å². The van der Waals surface area contributed by atoms with E-state index in [9.17, 15) is 14.4 Å². The zero-order chi connectivity index (χ0) is 17.1. The summed E-state index contributed by atoms with van der Waals surface area (Å²) in [5.74, 6) is -0.333. The van der Waals surface area contributed by atoms with Gasteiger partial charge in [-0.3, -0.25) is 9.59 Å². The fraction of sp³-hybridized carbons (Fsp3) is 0.769. The first-order valence-corrected chi connectivity index (χ1v) is 9.29. The smallest absolute Gasteiger partial charge is 0.329 e. The number of carbonyl (C=O) groups excluding carboxylic acids is 3. The fourth-order valence-electron chi connectivity index (χ4n) is 2.03. The van der Waals surface area contributed by atoms with Gasteiger partial charge < -0.3 is 14.7 Å². The van der Waals surface area contributed by atoms with Crippen molar-refractivity contribution < 1.29 is 24.2 Å². The predicted molar refractivity (Wildman–Crippen MR) is 88.3 cm³/mol. The number of ether oxygens (including phenoxy) is 1. The first-order chi connectivity index (χ1) is 10.1. The highest BCUT2D eigenvalue weighted by Gasteiger charge is 2.51. The molecular weight excluding hydrogens is 445 g/mol. The van der Waals surface area contributed by atoms with Gasteiger partial charge in [-0.15, -0.1) is 0 Å². The van der Waals surface area contributed by atoms with Crippen molar-refractivity contribution in [3.8, 4) is 0 Å². The molecule has 2 heterocycles. The van der Waals surface area contributed by atoms with Crippen molar-refractivity contribution in [1.82, 2.24) is 4.90 Å². The molecule has 0 spiro atoms. The monoisotopic (exact) mass is 461 g/mol. The summed E-state index contributed by atoms with van der Waals surface area (Å²) in [6, 6.07) is -0.324. The molecule has 0 aliphatic carbocycles. The number of esters is 1. The number of cyclic esters (lactones) is 1. The van der Waals surface area contributed by atoms with E-state index in [-0.39, 0.29) is 23.2 Å². The van der Waals surface area contributed by atoms with E-state index < -0.39 is 16.4 Å². The van der Waals surface area contributed by atoms with Gasteiger partial charge >= 0.3 is 5.97 Å². The Bertz CT molecular complexity index is 473. The van der Waals surface area contributed by atoms with Gasteiger partial charge in [0.2, 0.25) is 0 Å². The van der Waals surface area contributed by atoms with Crippen LogP contribution in [-0.2, 0) is 19.1 Å². The molecule has 0 aromatic carbocycles. The topological polar surface area (TPSA) is 83.9 Å². The van der Waals surface area contributed by atoms with Crippen LogP contribution < -0.4 is 0 Å². The Kier molecular flexibility index (Phi) is 6.86. The quantitative estimate of drug-likeness (QED) is 0.390. The maximum Gasteiger partial charge on any atom is 0.329 e. The van der Waals surface area contributed by atoms with Gasteiger partial charge in [-0.05, 0) is 38.3 Å². The number of amides is 1. The van der Waals surface area contributed by atoms with Gasteiger partial charge in [0.1, 0.15) is 11.6 Å². The van der Waals surface area contributed by atoms with Gasteiger partial charge in [-0.2, -0.15) is 0 Å². The van der Waals surface area contributed by atoms with Crippen LogP contribution >= 0.6 is 43.5 Å². The van der Waals surface area contributed by atoms with E-state index in [1.807, 2.05) is 0 Å². The standard InChI is InChI=1S/C9H12BrNO3.C4H6BrClO2/c1-9(5-10)8(13)11-4-2-3-6(11)7(12)14-9;1-4(8,2-5)3(6)7/h6H,2-5H2,1H3;8H,2H2,1H3/t6-,9+;4-/m10/s1. The molecule has 126 valence electrons. The third-order valence-electron chi connectivity index (χ3n) is 3.50. The molecule has 2 rings (SSSR count). The Morgan fingerprint density at radius 1 is 1.55 bits per heavy atom. The molecule has 0 radical (unpaired) electrons. The molecule has 2 aliphatic rings. The summed E-state index contributed by atoms with van der Waals surface area (Å²) in [5.41, 5.74) is -2.42. The molecule has 2 aliphatic heterocycles. The molecule has 1 amide bonds. The number of hydrogen-bond donors (Lipinski definition) is 1. The van der Waals surface area contributed by atoms with Crippen molar-refractivity contribution in [1.29, 1.82) is 0 Å². The van der Waals surface area contributed by atoms with Crippen molar-refractivity contribution >= 4 is 60.6 Å². The largest absolute Gasteiger partial charge is 0.447 e. The predicted octanol–water partition coefficient (Wildman–Crippen LogP) is 1.59. The SMILES string of the molecule is C[C@@]1(CBr)OC(=O)[C@H]2CCCN2C1=O.C[C@](O)(CBr)C(=O)Cl. The third kappa shape index (κ3) is 4.21. The summed E-state index contributed by atoms with van der Waals surface area (Å²) in [7, 11) is 0. The van der Waals surface area contributed by atoms with Crippen molar-refractivity contribution in [2.75, 3.05) is 17.2 Å². The molecule has 22 heavy (non-hydrogen) atoms. The molecule has 0 aromatic rings. The fourth-order valence-corrected chi connectivity index (χ4v) is 2.87. The summed E-state index contributed by atoms with van der Waals surface area (Å²) in [6.07, 6.45) is 1.63. The molecule has 0 bridgehead atoms. The highest BCUT2D eigenvalue weighted by atomic mass is 79.9. The Hall–Kier alpha value is -0.180. The Balaban J connectivity index is 0.000000261. The zero-order valence-corrected chi connectivity index (χ0v) is 16.2. The second-order valence-corrected chi connectivity index (χ2v) is 7.09. The van der Waals surface area contributed by atoms with E-state index in [0.717, 1.165) is 12.8 Å². The van der Waals surface area contributed by atoms with Crippen LogP contribution in [0, 0.1) is 0 Å². The van der Waals surface area contributed by atoms with Crippen LogP contribution in [0.3, 0.4) is 0 Å². The lowest BCUT2D eigenvalue weighted by atomic mass is 10.0. The lowest BCUT2D eigenvalue weighted by Crippen LogP contribution is -2.60. The summed E-state index contributed by atoms with van der Waals surface area (Å²) < 4.78 is 5.17. The molecule has 9 heteroatoms. The molecule has 3 atom stereocenters. The van der Waals surface area contributed by atoms with Crippen LogP contribution in [0.5, 0.6) is 0 Å². The highest BCUT2D eigenvalue weighted by molar-refractivity contribution is 9.09. The van der Waals surface area contributed by atoms with Gasteiger partial charge in [-0.25, -0.2) is 4.79 Å². The average molecular weight is 464 g/mol. The van der Waals surface area contributed by atoms with Crippen LogP contribution in [0.4, 0.5) is 0 Å². The van der Waals surface area contributed by atoms with Crippen molar-refractivity contribution in [3.63, 3.8) is 0 Å². The van der Waals surface area contributed by atoms with E-state index in [4.69, 9.17) is 21.4 Å². The lowest BCUT2D eigenvalue weighted by Gasteiger charge is -2.39. The molecule has 2 fully saturated rings. The third-order valence-corrected chi connectivity index (χ3v) is 6.07. The minimum absolute atomic E-state index is 0.0727. The van der Waals surface area contributed by atoms with Crippen molar-refractivity contribution in [2.45, 2.75) is 43.9 Å². The summed E-state index contributed by atoms with van der Waals surface area (Å²) in [4.78, 5) is 35.3. The second kappa shape index (κ2) is 7.59. The summed E-state index contributed by atoms with van der Waals surface area (Å²) >= 11 is 11.1. The van der Waals surface area contributed by atoms with Gasteiger partial charge in [0, 0.05) is 11.9 Å². The number of rotatable bonds is 3. The van der Waals surface area contributed by atoms with E-state index in [1.165, 1.54) is 6.92 Å². The minimum atomic E-state index is -1.42. The molecule has 0 unspecified atom stereocenters. The van der Waals surface area contributed by atoms with E-state index in [2.05, 4.69) is 31.9 Å². The highest BCUT2D eigenvalue weighted by Crippen LogP contribution is 2.31. The average Bonchev–Trinajstić information content (AvgIpc) is 2.95. The normalized spacial score (nSPS) is 29.9. The lowest BCUT2D eigenvalue weighted by molar-refractivity contribution is -0.185. The van der Waals surface area contributed by atoms with E-state index >= 15 is 0 Å². The molecular formula is C13H18Br2ClNO5. The van der Waals surface area contributed by atoms with Crippen LogP contribution in [-0.4, -0.2) is 61.6 Å². The number of morpholine rings is 1. The number of fused-ring (bicyclic) bond motifs is 1. The maximum atomic E-state index is 11.9. The van der Waals surface area contributed by atoms with Crippen LogP contribution in [0.15, 0.2) is 0 Å². The molecule has 0 aromatic heterocycles. The number of aliphatic hydroxyl groups is 1. The second-order valence-electron chi connectivity index (χ2n) is 5.62. The van der Waals surface area contributed by atoms with Gasteiger partial charge in [0.15, 0.2) is 5.60 Å². The van der Waals surface area contributed by atoms with Crippen LogP contribution in [0.2, 0.25) is 0 Å². The molecule has 0 saturated carbocycles. The number of nitrogens with zero attached hydrogens (tertiary/aromatic N) is 1. The van der Waals surface area contributed by atoms with Gasteiger partial charge in [-0.1, -0.05) is 31.9 Å². The van der Waals surface area contributed by atoms with E-state index in [0.29, 0.717) is 11.9 Å². The number of alkyl halides is 2. The number of halogens is 3. The number of carbonyl (C=O) groups is 3. The van der Waals surface area contributed by atoms with E-state index in [1.54, 1.807) is 11.8 Å². The zero-order valence-electron chi connectivity index (χ0n) is 12.3. The Morgan fingerprint density at radius 2 is 2.14 bits per heavy atom. The first kappa shape index (κ1) is 19.9. The summed E-state index contributed by atoms with van der Waals surface area (Å²) in [5, 5.41) is 8.65. The van der Waals surface area contributed by atoms with Crippen molar-refractivity contribution in [2.24, 2.45) is 0 Å².